The molecule has 24 heavy (non-hydrogen) atoms. The number of piperazine rings is 1. The molecule has 0 aliphatic carbocycles. The predicted octanol–water partition coefficient (Wildman–Crippen LogP) is 0.579. The monoisotopic (exact) mass is 347 g/mol. The molecule has 2 amide bonds. The first-order valence-electron chi connectivity index (χ1n) is 8.34. The van der Waals surface area contributed by atoms with Gasteiger partial charge in [0.25, 0.3) is 0 Å². The van der Waals surface area contributed by atoms with Crippen molar-refractivity contribution in [3.05, 3.63) is 18.6 Å². The molecule has 2 atom stereocenters. The van der Waals surface area contributed by atoms with Crippen molar-refractivity contribution in [3.8, 4) is 0 Å². The Morgan fingerprint density at radius 3 is 2.79 bits per heavy atom. The normalized spacial score (nSPS) is 30.0. The van der Waals surface area contributed by atoms with E-state index in [1.807, 2.05) is 9.80 Å². The van der Waals surface area contributed by atoms with Crippen LogP contribution in [-0.2, 0) is 9.59 Å². The molecule has 8 heteroatoms. The summed E-state index contributed by atoms with van der Waals surface area (Å²) in [4.78, 5) is 39.3. The Balaban J connectivity index is 1.41. The molecule has 0 N–H and O–H groups in total. The summed E-state index contributed by atoms with van der Waals surface area (Å²) in [6.45, 7) is 4.90. The minimum absolute atomic E-state index is 0.0975. The van der Waals surface area contributed by atoms with Gasteiger partial charge in [0.1, 0.15) is 11.9 Å². The summed E-state index contributed by atoms with van der Waals surface area (Å²) in [5.74, 6) is 1.79. The molecule has 4 rings (SSSR count). The first-order chi connectivity index (χ1) is 11.6. The fraction of sp³-hybridized carbons (Fsp3) is 0.625. The molecule has 1 aromatic rings. The number of hydrogen-bond donors (Lipinski definition) is 0. The maximum absolute atomic E-state index is 12.9. The maximum Gasteiger partial charge on any atom is 0.246 e. The number of anilines is 1. The molecular weight excluding hydrogens is 326 g/mol. The average Bonchev–Trinajstić information content (AvgIpc) is 3.11. The first-order valence-corrected chi connectivity index (χ1v) is 9.33. The second-order valence-corrected chi connectivity index (χ2v) is 8.14. The molecule has 0 spiro atoms. The summed E-state index contributed by atoms with van der Waals surface area (Å²) in [7, 11) is 0. The van der Waals surface area contributed by atoms with Crippen LogP contribution in [0.4, 0.5) is 5.82 Å². The van der Waals surface area contributed by atoms with Gasteiger partial charge >= 0.3 is 0 Å². The van der Waals surface area contributed by atoms with E-state index in [1.165, 1.54) is 0 Å². The van der Waals surface area contributed by atoms with Crippen molar-refractivity contribution in [1.29, 1.82) is 0 Å². The van der Waals surface area contributed by atoms with Gasteiger partial charge in [-0.1, -0.05) is 0 Å². The van der Waals surface area contributed by atoms with Gasteiger partial charge in [-0.25, -0.2) is 4.98 Å². The molecule has 3 aliphatic heterocycles. The van der Waals surface area contributed by atoms with Crippen molar-refractivity contribution >= 4 is 29.4 Å². The van der Waals surface area contributed by atoms with Crippen LogP contribution in [0.1, 0.15) is 19.8 Å². The lowest BCUT2D eigenvalue weighted by Crippen LogP contribution is -2.56. The largest absolute Gasteiger partial charge is 0.352 e. The zero-order chi connectivity index (χ0) is 16.7. The second kappa shape index (κ2) is 5.91. The first kappa shape index (κ1) is 15.7. The highest BCUT2D eigenvalue weighted by Crippen LogP contribution is 2.47. The van der Waals surface area contributed by atoms with Crippen molar-refractivity contribution in [1.82, 2.24) is 19.8 Å². The van der Waals surface area contributed by atoms with Crippen LogP contribution in [0.2, 0.25) is 0 Å². The van der Waals surface area contributed by atoms with Crippen LogP contribution >= 0.6 is 11.8 Å². The van der Waals surface area contributed by atoms with Gasteiger partial charge in [-0.05, 0) is 13.3 Å². The van der Waals surface area contributed by atoms with Gasteiger partial charge in [0.15, 0.2) is 0 Å². The molecule has 0 radical (unpaired) electrons. The van der Waals surface area contributed by atoms with Gasteiger partial charge in [0.05, 0.1) is 11.1 Å². The highest BCUT2D eigenvalue weighted by atomic mass is 32.2. The third-order valence-electron chi connectivity index (χ3n) is 5.19. The van der Waals surface area contributed by atoms with E-state index in [2.05, 4.69) is 21.8 Å². The van der Waals surface area contributed by atoms with Crippen LogP contribution in [-0.4, -0.2) is 74.4 Å². The average molecular weight is 347 g/mol. The molecule has 3 aliphatic rings. The third-order valence-corrected chi connectivity index (χ3v) is 6.70. The van der Waals surface area contributed by atoms with Gasteiger partial charge in [-0.3, -0.25) is 14.6 Å². The number of nitrogens with zero attached hydrogens (tertiary/aromatic N) is 5. The van der Waals surface area contributed by atoms with Crippen LogP contribution in [0, 0.1) is 0 Å². The van der Waals surface area contributed by atoms with Crippen LogP contribution < -0.4 is 4.90 Å². The number of carbonyl (C=O) groups excluding carboxylic acids is 2. The molecule has 0 unspecified atom stereocenters. The fourth-order valence-corrected chi connectivity index (χ4v) is 5.25. The number of hydrogen-bond acceptors (Lipinski definition) is 6. The third kappa shape index (κ3) is 2.53. The molecule has 3 saturated heterocycles. The van der Waals surface area contributed by atoms with Crippen molar-refractivity contribution in [2.45, 2.75) is 30.7 Å². The molecule has 0 bridgehead atoms. The Labute approximate surface area is 145 Å². The Morgan fingerprint density at radius 1 is 1.29 bits per heavy atom. The summed E-state index contributed by atoms with van der Waals surface area (Å²) in [5.41, 5.74) is 0. The second-order valence-electron chi connectivity index (χ2n) is 6.64. The summed E-state index contributed by atoms with van der Waals surface area (Å²) in [6, 6.07) is -0.293. The predicted molar refractivity (Wildman–Crippen MR) is 91.6 cm³/mol. The van der Waals surface area contributed by atoms with E-state index in [9.17, 15) is 9.59 Å². The van der Waals surface area contributed by atoms with Gasteiger partial charge in [0.2, 0.25) is 11.8 Å². The zero-order valence-corrected chi connectivity index (χ0v) is 14.5. The number of carbonyl (C=O) groups is 2. The number of aromatic nitrogens is 2. The smallest absolute Gasteiger partial charge is 0.246 e. The van der Waals surface area contributed by atoms with Crippen molar-refractivity contribution in [3.63, 3.8) is 0 Å². The summed E-state index contributed by atoms with van der Waals surface area (Å²) in [6.07, 6.45) is 6.50. The minimum Gasteiger partial charge on any atom is -0.352 e. The Bertz CT molecular complexity index is 649. The van der Waals surface area contributed by atoms with E-state index in [4.69, 9.17) is 0 Å². The van der Waals surface area contributed by atoms with Crippen molar-refractivity contribution in [2.24, 2.45) is 0 Å². The Kier molecular flexibility index (Phi) is 3.86. The Morgan fingerprint density at radius 2 is 2.08 bits per heavy atom. The van der Waals surface area contributed by atoms with E-state index in [0.717, 1.165) is 25.3 Å². The van der Waals surface area contributed by atoms with Crippen LogP contribution in [0.3, 0.4) is 0 Å². The SMILES string of the molecule is C[C@@]12CCC(=O)N1[C@@H](C(=O)N1CCN(c3cnccn3)CC1)CS2. The molecule has 0 saturated carbocycles. The fourth-order valence-electron chi connectivity index (χ4n) is 3.82. The molecular formula is C16H21N5O2S. The van der Waals surface area contributed by atoms with E-state index >= 15 is 0 Å². The highest BCUT2D eigenvalue weighted by Gasteiger charge is 2.53. The van der Waals surface area contributed by atoms with Crippen molar-refractivity contribution < 1.29 is 9.59 Å². The lowest BCUT2D eigenvalue weighted by Gasteiger charge is -2.38. The molecule has 1 aromatic heterocycles. The topological polar surface area (TPSA) is 69.6 Å². The summed E-state index contributed by atoms with van der Waals surface area (Å²) in [5, 5.41) is 0. The number of rotatable bonds is 2. The quantitative estimate of drug-likeness (QED) is 0.779. The van der Waals surface area contributed by atoms with E-state index < -0.39 is 0 Å². The molecule has 0 aromatic carbocycles. The lowest BCUT2D eigenvalue weighted by atomic mass is 10.2. The summed E-state index contributed by atoms with van der Waals surface area (Å²) >= 11 is 1.75. The van der Waals surface area contributed by atoms with Gasteiger partial charge < -0.3 is 14.7 Å². The van der Waals surface area contributed by atoms with Gasteiger partial charge in [-0.2, -0.15) is 0 Å². The van der Waals surface area contributed by atoms with Gasteiger partial charge in [0, 0.05) is 50.7 Å². The summed E-state index contributed by atoms with van der Waals surface area (Å²) < 4.78 is 0. The van der Waals surface area contributed by atoms with Crippen LogP contribution in [0.15, 0.2) is 18.6 Å². The highest BCUT2D eigenvalue weighted by molar-refractivity contribution is 8.01. The standard InChI is InChI=1S/C16H21N5O2S/c1-16-3-2-14(22)21(16)12(11-24-16)15(23)20-8-6-19(7-9-20)13-10-17-4-5-18-13/h4-5,10,12H,2-3,6-9,11H2,1H3/t12-,16-/m1/s1. The number of fused-ring (bicyclic) bond motifs is 1. The van der Waals surface area contributed by atoms with Crippen molar-refractivity contribution in [2.75, 3.05) is 36.8 Å². The Hall–Kier alpha value is -1.83. The lowest BCUT2D eigenvalue weighted by molar-refractivity contribution is -0.143. The van der Waals surface area contributed by atoms with Crippen LogP contribution in [0.25, 0.3) is 0 Å². The van der Waals surface area contributed by atoms with Crippen LogP contribution in [0.5, 0.6) is 0 Å². The molecule has 7 nitrogen and oxygen atoms in total. The van der Waals surface area contributed by atoms with E-state index in [1.54, 1.807) is 30.4 Å². The zero-order valence-electron chi connectivity index (χ0n) is 13.7. The maximum atomic E-state index is 12.9. The minimum atomic E-state index is -0.293. The number of amides is 2. The number of thioether (sulfide) groups is 1. The molecule has 4 heterocycles. The molecule has 3 fully saturated rings. The van der Waals surface area contributed by atoms with Gasteiger partial charge in [-0.15, -0.1) is 11.8 Å². The van der Waals surface area contributed by atoms with E-state index in [-0.39, 0.29) is 22.7 Å². The molecule has 128 valence electrons. The van der Waals surface area contributed by atoms with E-state index in [0.29, 0.717) is 25.3 Å².